The number of likely N-dealkylation sites (N-methyl/N-ethyl adjacent to an activating group) is 1. The van der Waals surface area contributed by atoms with Gasteiger partial charge in [0.2, 0.25) is 0 Å². The van der Waals surface area contributed by atoms with Gasteiger partial charge in [0.05, 0.1) is 0 Å². The van der Waals surface area contributed by atoms with Gasteiger partial charge >= 0.3 is 0 Å². The minimum absolute atomic E-state index is 0.226. The van der Waals surface area contributed by atoms with Gasteiger partial charge in [-0.1, -0.05) is 25.5 Å². The van der Waals surface area contributed by atoms with Crippen molar-refractivity contribution in [2.24, 2.45) is 11.1 Å². The highest BCUT2D eigenvalue weighted by Crippen LogP contribution is 2.13. The van der Waals surface area contributed by atoms with Crippen molar-refractivity contribution in [3.63, 3.8) is 0 Å². The molecule has 2 N–H and O–H groups in total. The minimum Gasteiger partial charge on any atom is -0.330 e. The monoisotopic (exact) mass is 184 g/mol. The summed E-state index contributed by atoms with van der Waals surface area (Å²) in [6.45, 7) is 11.5. The number of nitrogens with zero attached hydrogens (tertiary/aromatic N) is 1. The Hall–Kier alpha value is -0.340. The average Bonchev–Trinajstić information content (AvgIpc) is 2.00. The second-order valence-electron chi connectivity index (χ2n) is 4.85. The van der Waals surface area contributed by atoms with Crippen LogP contribution in [0.2, 0.25) is 0 Å². The Morgan fingerprint density at radius 2 is 1.92 bits per heavy atom. The SMILES string of the molecule is CC(C)=CCN(C)CC(C)(C)CN. The highest BCUT2D eigenvalue weighted by Gasteiger charge is 2.16. The molecule has 13 heavy (non-hydrogen) atoms. The summed E-state index contributed by atoms with van der Waals surface area (Å²) in [6, 6.07) is 0. The first-order valence-corrected chi connectivity index (χ1v) is 4.89. The lowest BCUT2D eigenvalue weighted by atomic mass is 9.93. The van der Waals surface area contributed by atoms with E-state index in [1.54, 1.807) is 0 Å². The Bertz CT molecular complexity index is 167. The van der Waals surface area contributed by atoms with E-state index in [9.17, 15) is 0 Å². The number of hydrogen-bond acceptors (Lipinski definition) is 2. The summed E-state index contributed by atoms with van der Waals surface area (Å²) in [5.41, 5.74) is 7.27. The van der Waals surface area contributed by atoms with E-state index >= 15 is 0 Å². The van der Waals surface area contributed by atoms with Crippen molar-refractivity contribution in [3.8, 4) is 0 Å². The van der Waals surface area contributed by atoms with Gasteiger partial charge in [-0.3, -0.25) is 0 Å². The second-order valence-corrected chi connectivity index (χ2v) is 4.85. The molecule has 0 aliphatic rings. The fraction of sp³-hybridized carbons (Fsp3) is 0.818. The molecule has 0 saturated heterocycles. The maximum atomic E-state index is 5.67. The van der Waals surface area contributed by atoms with Crippen LogP contribution in [0.3, 0.4) is 0 Å². The summed E-state index contributed by atoms with van der Waals surface area (Å²) in [4.78, 5) is 2.31. The van der Waals surface area contributed by atoms with E-state index in [0.717, 1.165) is 19.6 Å². The molecule has 0 aliphatic carbocycles. The summed E-state index contributed by atoms with van der Waals surface area (Å²) in [6.07, 6.45) is 2.24. The molecule has 2 heteroatoms. The normalized spacial score (nSPS) is 11.9. The van der Waals surface area contributed by atoms with Crippen LogP contribution in [0, 0.1) is 5.41 Å². The van der Waals surface area contributed by atoms with Crippen LogP contribution >= 0.6 is 0 Å². The third kappa shape index (κ3) is 6.79. The van der Waals surface area contributed by atoms with E-state index in [4.69, 9.17) is 5.73 Å². The van der Waals surface area contributed by atoms with Gasteiger partial charge in [0.25, 0.3) is 0 Å². The summed E-state index contributed by atoms with van der Waals surface area (Å²) in [5, 5.41) is 0. The Morgan fingerprint density at radius 1 is 1.38 bits per heavy atom. The van der Waals surface area contributed by atoms with Crippen LogP contribution in [0.25, 0.3) is 0 Å². The van der Waals surface area contributed by atoms with Crippen molar-refractivity contribution in [3.05, 3.63) is 11.6 Å². The molecule has 0 aromatic rings. The predicted octanol–water partition coefficient (Wildman–Crippen LogP) is 1.87. The van der Waals surface area contributed by atoms with Gasteiger partial charge in [-0.15, -0.1) is 0 Å². The molecule has 0 aliphatic heterocycles. The number of allylic oxidation sites excluding steroid dienone is 1. The van der Waals surface area contributed by atoms with Gasteiger partial charge in [0, 0.05) is 13.1 Å². The third-order valence-corrected chi connectivity index (χ3v) is 2.06. The molecule has 0 rings (SSSR count). The molecule has 0 amide bonds. The molecule has 0 heterocycles. The number of nitrogens with two attached hydrogens (primary N) is 1. The second kappa shape index (κ2) is 5.40. The summed E-state index contributed by atoms with van der Waals surface area (Å²) >= 11 is 0. The van der Waals surface area contributed by atoms with Crippen molar-refractivity contribution in [2.45, 2.75) is 27.7 Å². The van der Waals surface area contributed by atoms with Gasteiger partial charge in [-0.05, 0) is 32.9 Å². The van der Waals surface area contributed by atoms with Gasteiger partial charge < -0.3 is 10.6 Å². The Labute approximate surface area is 82.8 Å². The standard InChI is InChI=1S/C11H24N2/c1-10(2)6-7-13(5)9-11(3,4)8-12/h6H,7-9,12H2,1-5H3. The van der Waals surface area contributed by atoms with Gasteiger partial charge in [-0.25, -0.2) is 0 Å². The zero-order valence-electron chi connectivity index (χ0n) is 9.72. The molecule has 0 aromatic heterocycles. The third-order valence-electron chi connectivity index (χ3n) is 2.06. The average molecular weight is 184 g/mol. The fourth-order valence-corrected chi connectivity index (χ4v) is 1.20. The molecule has 0 bridgehead atoms. The Morgan fingerprint density at radius 3 is 2.31 bits per heavy atom. The maximum absolute atomic E-state index is 5.67. The molecule has 0 atom stereocenters. The van der Waals surface area contributed by atoms with E-state index in [2.05, 4.69) is 45.7 Å². The predicted molar refractivity (Wildman–Crippen MR) is 59.8 cm³/mol. The van der Waals surface area contributed by atoms with E-state index in [1.165, 1.54) is 5.57 Å². The van der Waals surface area contributed by atoms with E-state index < -0.39 is 0 Å². The van der Waals surface area contributed by atoms with Crippen LogP contribution in [0.5, 0.6) is 0 Å². The van der Waals surface area contributed by atoms with Crippen LogP contribution in [0.1, 0.15) is 27.7 Å². The number of rotatable bonds is 5. The van der Waals surface area contributed by atoms with Gasteiger partial charge in [-0.2, -0.15) is 0 Å². The van der Waals surface area contributed by atoms with Crippen molar-refractivity contribution in [2.75, 3.05) is 26.7 Å². The summed E-state index contributed by atoms with van der Waals surface area (Å²) in [5.74, 6) is 0. The first kappa shape index (κ1) is 12.7. The van der Waals surface area contributed by atoms with Crippen LogP contribution in [0.4, 0.5) is 0 Å². The molecular weight excluding hydrogens is 160 g/mol. The van der Waals surface area contributed by atoms with Gasteiger partial charge in [0.15, 0.2) is 0 Å². The largest absolute Gasteiger partial charge is 0.330 e. The Balaban J connectivity index is 3.87. The first-order chi connectivity index (χ1) is 5.87. The Kier molecular flexibility index (Phi) is 5.26. The van der Waals surface area contributed by atoms with E-state index in [1.807, 2.05) is 0 Å². The van der Waals surface area contributed by atoms with Crippen LogP contribution in [0.15, 0.2) is 11.6 Å². The van der Waals surface area contributed by atoms with Crippen molar-refractivity contribution >= 4 is 0 Å². The zero-order valence-corrected chi connectivity index (χ0v) is 9.72. The molecule has 0 saturated carbocycles. The van der Waals surface area contributed by atoms with E-state index in [-0.39, 0.29) is 5.41 Å². The molecule has 0 spiro atoms. The summed E-state index contributed by atoms with van der Waals surface area (Å²) < 4.78 is 0. The van der Waals surface area contributed by atoms with Crippen LogP contribution < -0.4 is 5.73 Å². The topological polar surface area (TPSA) is 29.3 Å². The molecule has 0 fully saturated rings. The first-order valence-electron chi connectivity index (χ1n) is 4.89. The lowest BCUT2D eigenvalue weighted by molar-refractivity contribution is 0.231. The molecular formula is C11H24N2. The fourth-order valence-electron chi connectivity index (χ4n) is 1.20. The zero-order chi connectivity index (χ0) is 10.5. The highest BCUT2D eigenvalue weighted by atomic mass is 15.1. The number of hydrogen-bond donors (Lipinski definition) is 1. The van der Waals surface area contributed by atoms with Crippen LogP contribution in [-0.4, -0.2) is 31.6 Å². The van der Waals surface area contributed by atoms with Crippen molar-refractivity contribution < 1.29 is 0 Å². The molecule has 0 aromatic carbocycles. The summed E-state index contributed by atoms with van der Waals surface area (Å²) in [7, 11) is 2.14. The van der Waals surface area contributed by atoms with Crippen molar-refractivity contribution in [1.29, 1.82) is 0 Å². The minimum atomic E-state index is 0.226. The van der Waals surface area contributed by atoms with E-state index in [0.29, 0.717) is 0 Å². The molecule has 0 radical (unpaired) electrons. The lowest BCUT2D eigenvalue weighted by Gasteiger charge is -2.28. The highest BCUT2D eigenvalue weighted by molar-refractivity contribution is 4.95. The lowest BCUT2D eigenvalue weighted by Crippen LogP contribution is -2.36. The molecule has 78 valence electrons. The smallest absolute Gasteiger partial charge is 0.0162 e. The molecule has 2 nitrogen and oxygen atoms in total. The molecule has 0 unspecified atom stereocenters. The quantitative estimate of drug-likeness (QED) is 0.661. The van der Waals surface area contributed by atoms with Crippen LogP contribution in [-0.2, 0) is 0 Å². The van der Waals surface area contributed by atoms with Crippen molar-refractivity contribution in [1.82, 2.24) is 4.90 Å². The maximum Gasteiger partial charge on any atom is 0.0162 e. The van der Waals surface area contributed by atoms with Gasteiger partial charge in [0.1, 0.15) is 0 Å².